The van der Waals surface area contributed by atoms with Crippen molar-refractivity contribution in [1.29, 1.82) is 0 Å². The van der Waals surface area contributed by atoms with Crippen molar-refractivity contribution in [2.75, 3.05) is 13.1 Å². The molecule has 0 aromatic carbocycles. The monoisotopic (exact) mass is 416 g/mol. The van der Waals surface area contributed by atoms with E-state index in [9.17, 15) is 28.8 Å². The van der Waals surface area contributed by atoms with Gasteiger partial charge in [0.25, 0.3) is 0 Å². The number of amides is 3. The highest BCUT2D eigenvalue weighted by molar-refractivity contribution is 5.94. The van der Waals surface area contributed by atoms with E-state index in [-0.39, 0.29) is 6.42 Å². The Balaban J connectivity index is 2.58. The van der Waals surface area contributed by atoms with E-state index < -0.39 is 73.1 Å². The van der Waals surface area contributed by atoms with Gasteiger partial charge in [-0.15, -0.1) is 0 Å². The quantitative estimate of drug-likeness (QED) is 0.174. The average molecular weight is 416 g/mol. The molecule has 1 aliphatic heterocycles. The molecule has 13 nitrogen and oxygen atoms in total. The number of aliphatic carboxylic acids is 3. The van der Waals surface area contributed by atoms with Crippen LogP contribution in [0.15, 0.2) is 0 Å². The molecule has 0 saturated carbocycles. The maximum absolute atomic E-state index is 12.2. The molecule has 7 N–H and O–H groups in total. The van der Waals surface area contributed by atoms with E-state index in [1.165, 1.54) is 0 Å². The number of carboxylic acids is 3. The summed E-state index contributed by atoms with van der Waals surface area (Å²) < 4.78 is 0. The van der Waals surface area contributed by atoms with Gasteiger partial charge in [0.05, 0.1) is 19.0 Å². The molecule has 0 aliphatic carbocycles. The third-order valence-electron chi connectivity index (χ3n) is 4.09. The molecule has 1 aliphatic rings. The van der Waals surface area contributed by atoms with Crippen LogP contribution in [-0.4, -0.2) is 82.2 Å². The highest BCUT2D eigenvalue weighted by Gasteiger charge is 2.29. The van der Waals surface area contributed by atoms with Gasteiger partial charge >= 0.3 is 17.9 Å². The summed E-state index contributed by atoms with van der Waals surface area (Å²) in [6, 6.07) is -3.41. The second kappa shape index (κ2) is 11.6. The van der Waals surface area contributed by atoms with Crippen LogP contribution in [0.5, 0.6) is 0 Å². The Kier molecular flexibility index (Phi) is 9.51. The molecule has 0 bridgehead atoms. The molecule has 0 aromatic heterocycles. The Labute approximate surface area is 165 Å². The van der Waals surface area contributed by atoms with Gasteiger partial charge in [-0.3, -0.25) is 24.0 Å². The van der Waals surface area contributed by atoms with Crippen LogP contribution in [0.2, 0.25) is 0 Å². The fourth-order valence-corrected chi connectivity index (χ4v) is 2.63. The van der Waals surface area contributed by atoms with Crippen LogP contribution in [-0.2, 0) is 28.8 Å². The van der Waals surface area contributed by atoms with Crippen LogP contribution in [0.3, 0.4) is 0 Å². The summed E-state index contributed by atoms with van der Waals surface area (Å²) in [6.45, 7) is -0.0516. The molecule has 0 spiro atoms. The number of hydrogen-bond acceptors (Lipinski definition) is 7. The van der Waals surface area contributed by atoms with Gasteiger partial charge in [-0.2, -0.15) is 0 Å². The Bertz CT molecular complexity index is 661. The van der Waals surface area contributed by atoms with Crippen molar-refractivity contribution in [3.63, 3.8) is 0 Å². The van der Waals surface area contributed by atoms with Gasteiger partial charge in [0.15, 0.2) is 0 Å². The molecule has 1 fully saturated rings. The van der Waals surface area contributed by atoms with Crippen LogP contribution < -0.4 is 21.3 Å². The van der Waals surface area contributed by atoms with E-state index in [4.69, 9.17) is 15.3 Å². The predicted octanol–water partition coefficient (Wildman–Crippen LogP) is -2.75. The van der Waals surface area contributed by atoms with Crippen molar-refractivity contribution in [3.05, 3.63) is 0 Å². The topological polar surface area (TPSA) is 211 Å². The molecule has 162 valence electrons. The van der Waals surface area contributed by atoms with Crippen molar-refractivity contribution >= 4 is 35.6 Å². The van der Waals surface area contributed by atoms with Gasteiger partial charge in [-0.25, -0.2) is 4.79 Å². The molecule has 29 heavy (non-hydrogen) atoms. The second-order valence-electron chi connectivity index (χ2n) is 6.42. The zero-order valence-electron chi connectivity index (χ0n) is 15.5. The lowest BCUT2D eigenvalue weighted by Crippen LogP contribution is -2.54. The molecule has 3 atom stereocenters. The molecule has 1 rings (SSSR count). The lowest BCUT2D eigenvalue weighted by molar-refractivity contribution is -0.143. The average Bonchev–Trinajstić information content (AvgIpc) is 3.16. The Hall–Kier alpha value is -3.22. The Morgan fingerprint density at radius 1 is 0.966 bits per heavy atom. The van der Waals surface area contributed by atoms with Crippen molar-refractivity contribution in [2.24, 2.45) is 0 Å². The maximum Gasteiger partial charge on any atom is 0.326 e. The molecular weight excluding hydrogens is 392 g/mol. The first-order valence-electron chi connectivity index (χ1n) is 8.87. The van der Waals surface area contributed by atoms with Crippen LogP contribution in [0.25, 0.3) is 0 Å². The van der Waals surface area contributed by atoms with Gasteiger partial charge in [0.2, 0.25) is 17.7 Å². The van der Waals surface area contributed by atoms with Gasteiger partial charge in [-0.1, -0.05) is 0 Å². The number of carboxylic acid groups (broad SMARTS) is 3. The lowest BCUT2D eigenvalue weighted by Gasteiger charge is -2.19. The standard InChI is InChI=1S/C16H24N4O9/c21-11(19-9(16(28)29)3-4-12(22)23)7-18-14(26)10(6-13(24)25)20-15(27)8-2-1-5-17-8/h8-10,17H,1-7H2,(H,18,26)(H,19,21)(H,20,27)(H,22,23)(H,24,25)(H,28,29). The zero-order valence-corrected chi connectivity index (χ0v) is 15.5. The molecule has 0 radical (unpaired) electrons. The van der Waals surface area contributed by atoms with E-state index in [1.54, 1.807) is 0 Å². The van der Waals surface area contributed by atoms with Crippen LogP contribution >= 0.6 is 0 Å². The minimum Gasteiger partial charge on any atom is -0.481 e. The van der Waals surface area contributed by atoms with E-state index in [0.29, 0.717) is 13.0 Å². The van der Waals surface area contributed by atoms with Crippen molar-refractivity contribution in [3.8, 4) is 0 Å². The summed E-state index contributed by atoms with van der Waals surface area (Å²) in [5.41, 5.74) is 0. The molecule has 3 unspecified atom stereocenters. The fraction of sp³-hybridized carbons (Fsp3) is 0.625. The van der Waals surface area contributed by atoms with Crippen molar-refractivity contribution in [1.82, 2.24) is 21.3 Å². The highest BCUT2D eigenvalue weighted by Crippen LogP contribution is 2.06. The number of hydrogen-bond donors (Lipinski definition) is 7. The first-order chi connectivity index (χ1) is 13.6. The summed E-state index contributed by atoms with van der Waals surface area (Å²) in [5, 5.41) is 35.9. The van der Waals surface area contributed by atoms with E-state index in [2.05, 4.69) is 21.3 Å². The number of rotatable bonds is 12. The molecular formula is C16H24N4O9. The minimum absolute atomic E-state index is 0.351. The molecule has 1 heterocycles. The van der Waals surface area contributed by atoms with Crippen molar-refractivity contribution < 1.29 is 44.1 Å². The highest BCUT2D eigenvalue weighted by atomic mass is 16.4. The van der Waals surface area contributed by atoms with Crippen LogP contribution in [0.4, 0.5) is 0 Å². The Morgan fingerprint density at radius 2 is 1.66 bits per heavy atom. The van der Waals surface area contributed by atoms with Crippen LogP contribution in [0.1, 0.15) is 32.1 Å². The second-order valence-corrected chi connectivity index (χ2v) is 6.42. The predicted molar refractivity (Wildman–Crippen MR) is 94.7 cm³/mol. The number of carbonyl (C=O) groups excluding carboxylic acids is 3. The van der Waals surface area contributed by atoms with E-state index in [1.807, 2.05) is 0 Å². The third kappa shape index (κ3) is 9.01. The molecule has 0 aromatic rings. The van der Waals surface area contributed by atoms with E-state index in [0.717, 1.165) is 6.42 Å². The lowest BCUT2D eigenvalue weighted by atomic mass is 10.1. The first-order valence-corrected chi connectivity index (χ1v) is 8.87. The van der Waals surface area contributed by atoms with Gasteiger partial charge < -0.3 is 36.6 Å². The maximum atomic E-state index is 12.2. The number of nitrogens with one attached hydrogen (secondary N) is 4. The molecule has 1 saturated heterocycles. The molecule has 3 amide bonds. The van der Waals surface area contributed by atoms with Crippen molar-refractivity contribution in [2.45, 2.75) is 50.2 Å². The van der Waals surface area contributed by atoms with E-state index >= 15 is 0 Å². The summed E-state index contributed by atoms with van der Waals surface area (Å²) in [4.78, 5) is 68.6. The SMILES string of the molecule is O=C(O)CCC(NC(=O)CNC(=O)C(CC(=O)O)NC(=O)C1CCCN1)C(=O)O. The Morgan fingerprint density at radius 3 is 2.17 bits per heavy atom. The van der Waals surface area contributed by atoms with Crippen LogP contribution in [0, 0.1) is 0 Å². The summed E-state index contributed by atoms with van der Waals surface area (Å²) in [7, 11) is 0. The zero-order chi connectivity index (χ0) is 22.0. The number of carbonyl (C=O) groups is 6. The van der Waals surface area contributed by atoms with Gasteiger partial charge in [0.1, 0.15) is 12.1 Å². The van der Waals surface area contributed by atoms with Gasteiger partial charge in [0, 0.05) is 6.42 Å². The third-order valence-corrected chi connectivity index (χ3v) is 4.09. The summed E-state index contributed by atoms with van der Waals surface area (Å²) in [6.07, 6.45) is -0.229. The minimum atomic E-state index is -1.46. The molecule has 13 heteroatoms. The largest absolute Gasteiger partial charge is 0.481 e. The smallest absolute Gasteiger partial charge is 0.326 e. The van der Waals surface area contributed by atoms with Gasteiger partial charge in [-0.05, 0) is 25.8 Å². The normalized spacial score (nSPS) is 17.6. The fourth-order valence-electron chi connectivity index (χ4n) is 2.63. The summed E-state index contributed by atoms with van der Waals surface area (Å²) in [5.74, 6) is -6.38. The summed E-state index contributed by atoms with van der Waals surface area (Å²) >= 11 is 0. The first kappa shape index (κ1) is 23.8.